The van der Waals surface area contributed by atoms with Gasteiger partial charge < -0.3 is 5.73 Å². The Hall–Kier alpha value is -1.38. The lowest BCUT2D eigenvalue weighted by atomic mass is 9.82. The summed E-state index contributed by atoms with van der Waals surface area (Å²) in [5.41, 5.74) is 7.57. The lowest BCUT2D eigenvalue weighted by molar-refractivity contribution is 0.0674. The molecule has 1 saturated heterocycles. The van der Waals surface area contributed by atoms with Crippen molar-refractivity contribution >= 4 is 10.8 Å². The van der Waals surface area contributed by atoms with E-state index in [4.69, 9.17) is 5.73 Å². The maximum Gasteiger partial charge on any atom is 0.0397 e. The zero-order valence-electron chi connectivity index (χ0n) is 13.1. The van der Waals surface area contributed by atoms with Crippen LogP contribution in [0.5, 0.6) is 0 Å². The van der Waals surface area contributed by atoms with Crippen molar-refractivity contribution in [3.05, 3.63) is 48.0 Å². The van der Waals surface area contributed by atoms with Gasteiger partial charge in [0.15, 0.2) is 0 Å². The Balaban J connectivity index is 2.12. The minimum atomic E-state index is 0.454. The van der Waals surface area contributed by atoms with Crippen LogP contribution in [0.4, 0.5) is 0 Å². The van der Waals surface area contributed by atoms with E-state index < -0.39 is 0 Å². The molecule has 1 fully saturated rings. The first-order valence-corrected chi connectivity index (χ1v) is 8.16. The molecule has 1 heterocycles. The van der Waals surface area contributed by atoms with Gasteiger partial charge in [0.05, 0.1) is 0 Å². The van der Waals surface area contributed by atoms with Crippen LogP contribution in [0.2, 0.25) is 0 Å². The number of fused-ring (bicyclic) bond motifs is 1. The number of hydrogen-bond acceptors (Lipinski definition) is 2. The van der Waals surface area contributed by atoms with Crippen molar-refractivity contribution in [2.45, 2.75) is 38.8 Å². The van der Waals surface area contributed by atoms with Crippen molar-refractivity contribution in [3.63, 3.8) is 0 Å². The molecule has 2 N–H and O–H groups in total. The normalized spacial score (nSPS) is 23.8. The summed E-state index contributed by atoms with van der Waals surface area (Å²) in [5.74, 6) is 0.562. The van der Waals surface area contributed by atoms with Gasteiger partial charge in [0, 0.05) is 12.1 Å². The summed E-state index contributed by atoms with van der Waals surface area (Å²) in [6.07, 6.45) is 2.51. The van der Waals surface area contributed by atoms with Crippen LogP contribution in [0, 0.1) is 5.92 Å². The fourth-order valence-corrected chi connectivity index (χ4v) is 3.87. The van der Waals surface area contributed by atoms with Crippen LogP contribution < -0.4 is 5.73 Å². The number of rotatable bonds is 3. The van der Waals surface area contributed by atoms with Gasteiger partial charge in [-0.2, -0.15) is 0 Å². The van der Waals surface area contributed by atoms with Gasteiger partial charge in [-0.3, -0.25) is 4.90 Å². The highest BCUT2D eigenvalue weighted by atomic mass is 15.2. The number of nitrogens with two attached hydrogens (primary N) is 1. The van der Waals surface area contributed by atoms with Crippen molar-refractivity contribution in [1.29, 1.82) is 0 Å². The molecule has 2 unspecified atom stereocenters. The Labute approximate surface area is 127 Å². The molecular weight excluding hydrogens is 256 g/mol. The van der Waals surface area contributed by atoms with Crippen LogP contribution in [0.1, 0.15) is 38.3 Å². The van der Waals surface area contributed by atoms with Crippen molar-refractivity contribution in [3.8, 4) is 0 Å². The summed E-state index contributed by atoms with van der Waals surface area (Å²) in [4.78, 5) is 2.64. The first-order valence-electron chi connectivity index (χ1n) is 8.16. The Bertz CT molecular complexity index is 600. The monoisotopic (exact) mass is 282 g/mol. The van der Waals surface area contributed by atoms with Gasteiger partial charge in [0.25, 0.3) is 0 Å². The Kier molecular flexibility index (Phi) is 4.27. The van der Waals surface area contributed by atoms with Crippen LogP contribution >= 0.6 is 0 Å². The van der Waals surface area contributed by atoms with Gasteiger partial charge in [0.2, 0.25) is 0 Å². The fourth-order valence-electron chi connectivity index (χ4n) is 3.87. The van der Waals surface area contributed by atoms with E-state index in [1.165, 1.54) is 35.7 Å². The quantitative estimate of drug-likeness (QED) is 0.923. The zero-order valence-corrected chi connectivity index (χ0v) is 13.1. The highest BCUT2D eigenvalue weighted by molar-refractivity contribution is 5.86. The Morgan fingerprint density at radius 3 is 2.67 bits per heavy atom. The van der Waals surface area contributed by atoms with Crippen LogP contribution in [0.25, 0.3) is 10.8 Å². The molecular formula is C19H26N2. The topological polar surface area (TPSA) is 29.3 Å². The molecule has 2 aromatic carbocycles. The van der Waals surface area contributed by atoms with E-state index in [1.807, 2.05) is 0 Å². The Morgan fingerprint density at radius 1 is 1.14 bits per heavy atom. The van der Waals surface area contributed by atoms with E-state index in [0.717, 1.165) is 6.54 Å². The summed E-state index contributed by atoms with van der Waals surface area (Å²) in [6, 6.07) is 16.4. The summed E-state index contributed by atoms with van der Waals surface area (Å²) in [5, 5.41) is 2.72. The standard InChI is InChI=1S/C19H26N2/c1-14(2)21-12-6-9-16(13-20)19(21)18-11-5-8-15-7-3-4-10-17(15)18/h3-5,7-8,10-11,14,16,19H,6,9,12-13,20H2,1-2H3. The molecule has 0 spiro atoms. The maximum absolute atomic E-state index is 6.11. The molecule has 0 saturated carbocycles. The third kappa shape index (κ3) is 2.70. The number of hydrogen-bond donors (Lipinski definition) is 1. The van der Waals surface area contributed by atoms with Crippen molar-refractivity contribution in [2.24, 2.45) is 11.7 Å². The number of nitrogens with zero attached hydrogens (tertiary/aromatic N) is 1. The predicted octanol–water partition coefficient (Wildman–Crippen LogP) is 3.96. The van der Waals surface area contributed by atoms with Gasteiger partial charge in [-0.15, -0.1) is 0 Å². The van der Waals surface area contributed by atoms with Gasteiger partial charge in [-0.05, 0) is 62.0 Å². The van der Waals surface area contributed by atoms with E-state index >= 15 is 0 Å². The number of likely N-dealkylation sites (tertiary alicyclic amines) is 1. The second-order valence-electron chi connectivity index (χ2n) is 6.48. The second-order valence-corrected chi connectivity index (χ2v) is 6.48. The predicted molar refractivity (Wildman–Crippen MR) is 90.3 cm³/mol. The van der Waals surface area contributed by atoms with Crippen molar-refractivity contribution in [1.82, 2.24) is 4.90 Å². The highest BCUT2D eigenvalue weighted by Gasteiger charge is 2.33. The largest absolute Gasteiger partial charge is 0.330 e. The molecule has 3 rings (SSSR count). The minimum absolute atomic E-state index is 0.454. The van der Waals surface area contributed by atoms with Gasteiger partial charge in [-0.1, -0.05) is 42.5 Å². The lowest BCUT2D eigenvalue weighted by Crippen LogP contribution is -2.45. The van der Waals surface area contributed by atoms with Crippen molar-refractivity contribution < 1.29 is 0 Å². The van der Waals surface area contributed by atoms with Gasteiger partial charge in [0.1, 0.15) is 0 Å². The molecule has 112 valence electrons. The molecule has 1 aliphatic heterocycles. The summed E-state index contributed by atoms with van der Waals surface area (Å²) < 4.78 is 0. The molecule has 2 nitrogen and oxygen atoms in total. The van der Waals surface area contributed by atoms with Gasteiger partial charge in [-0.25, -0.2) is 0 Å². The zero-order chi connectivity index (χ0) is 14.8. The molecule has 2 atom stereocenters. The van der Waals surface area contributed by atoms with E-state index in [1.54, 1.807) is 0 Å². The third-order valence-corrected chi connectivity index (χ3v) is 4.90. The minimum Gasteiger partial charge on any atom is -0.330 e. The third-order valence-electron chi connectivity index (χ3n) is 4.90. The van der Waals surface area contributed by atoms with E-state index in [-0.39, 0.29) is 0 Å². The smallest absolute Gasteiger partial charge is 0.0397 e. The van der Waals surface area contributed by atoms with Crippen LogP contribution in [0.3, 0.4) is 0 Å². The SMILES string of the molecule is CC(C)N1CCCC(CN)C1c1cccc2ccccc12. The van der Waals surface area contributed by atoms with Crippen LogP contribution in [-0.4, -0.2) is 24.0 Å². The van der Waals surface area contributed by atoms with Crippen LogP contribution in [0.15, 0.2) is 42.5 Å². The summed E-state index contributed by atoms with van der Waals surface area (Å²) >= 11 is 0. The molecule has 21 heavy (non-hydrogen) atoms. The molecule has 0 bridgehead atoms. The summed E-state index contributed by atoms with van der Waals surface area (Å²) in [6.45, 7) is 6.56. The molecule has 0 radical (unpaired) electrons. The first-order chi connectivity index (χ1) is 10.2. The molecule has 0 amide bonds. The molecule has 0 aliphatic carbocycles. The molecule has 2 aromatic rings. The average molecular weight is 282 g/mol. The van der Waals surface area contributed by atoms with Crippen molar-refractivity contribution in [2.75, 3.05) is 13.1 Å². The second kappa shape index (κ2) is 6.17. The molecule has 0 aromatic heterocycles. The summed E-state index contributed by atoms with van der Waals surface area (Å²) in [7, 11) is 0. The first kappa shape index (κ1) is 14.6. The highest BCUT2D eigenvalue weighted by Crippen LogP contribution is 2.39. The van der Waals surface area contributed by atoms with E-state index in [2.05, 4.69) is 61.2 Å². The number of benzene rings is 2. The maximum atomic E-state index is 6.11. The molecule has 2 heteroatoms. The lowest BCUT2D eigenvalue weighted by Gasteiger charge is -2.44. The van der Waals surface area contributed by atoms with E-state index in [9.17, 15) is 0 Å². The van der Waals surface area contributed by atoms with E-state index in [0.29, 0.717) is 18.0 Å². The number of piperidine rings is 1. The average Bonchev–Trinajstić information content (AvgIpc) is 2.53. The van der Waals surface area contributed by atoms with Gasteiger partial charge >= 0.3 is 0 Å². The fraction of sp³-hybridized carbons (Fsp3) is 0.474. The Morgan fingerprint density at radius 2 is 1.90 bits per heavy atom. The molecule has 1 aliphatic rings. The van der Waals surface area contributed by atoms with Crippen LogP contribution in [-0.2, 0) is 0 Å².